The monoisotopic (exact) mass is 536 g/mol. The van der Waals surface area contributed by atoms with Gasteiger partial charge >= 0.3 is 0 Å². The number of nitrogens with one attached hydrogen (secondary N) is 2. The highest BCUT2D eigenvalue weighted by atomic mass is 16.5. The summed E-state index contributed by atoms with van der Waals surface area (Å²) in [7, 11) is 0. The number of aromatic nitrogens is 2. The van der Waals surface area contributed by atoms with Gasteiger partial charge in [0.1, 0.15) is 0 Å². The molecular weight excluding hydrogens is 496 g/mol. The quantitative estimate of drug-likeness (QED) is 0.290. The molecule has 0 saturated carbocycles. The van der Waals surface area contributed by atoms with E-state index in [9.17, 15) is 0 Å². The van der Waals surface area contributed by atoms with E-state index in [1.165, 1.54) is 44.5 Å². The SMILES string of the molecule is CCNC[C@@H]1OCCc2c(-c3ccncc3)cccc21.CCNC[C@H]1OCCc2c(-c3ccncc3)cccc21. The number of hydrogen-bond acceptors (Lipinski definition) is 6. The van der Waals surface area contributed by atoms with Crippen LogP contribution in [0.3, 0.4) is 0 Å². The number of nitrogens with zero attached hydrogens (tertiary/aromatic N) is 2. The van der Waals surface area contributed by atoms with E-state index in [-0.39, 0.29) is 12.2 Å². The van der Waals surface area contributed by atoms with Gasteiger partial charge in [0.05, 0.1) is 25.4 Å². The predicted molar refractivity (Wildman–Crippen MR) is 161 cm³/mol. The van der Waals surface area contributed by atoms with Crippen LogP contribution in [0, 0.1) is 0 Å². The maximum absolute atomic E-state index is 5.92. The summed E-state index contributed by atoms with van der Waals surface area (Å²) in [5.74, 6) is 0. The summed E-state index contributed by atoms with van der Waals surface area (Å²) in [5, 5.41) is 6.77. The van der Waals surface area contributed by atoms with Crippen LogP contribution in [0.25, 0.3) is 22.3 Å². The zero-order chi connectivity index (χ0) is 27.6. The molecular formula is C34H40N4O2. The summed E-state index contributed by atoms with van der Waals surface area (Å²) in [6.07, 6.45) is 9.70. The van der Waals surface area contributed by atoms with Crippen molar-refractivity contribution >= 4 is 0 Å². The third kappa shape index (κ3) is 6.65. The lowest BCUT2D eigenvalue weighted by atomic mass is 9.90. The van der Waals surface area contributed by atoms with Gasteiger partial charge in [0, 0.05) is 37.9 Å². The first-order valence-corrected chi connectivity index (χ1v) is 14.5. The van der Waals surface area contributed by atoms with Gasteiger partial charge in [0.15, 0.2) is 0 Å². The maximum Gasteiger partial charge on any atom is 0.0952 e. The molecule has 6 rings (SSSR count). The molecule has 0 saturated heterocycles. The second-order valence-corrected chi connectivity index (χ2v) is 10.1. The van der Waals surface area contributed by atoms with Crippen molar-refractivity contribution in [1.29, 1.82) is 0 Å². The molecule has 4 aromatic rings. The summed E-state index contributed by atoms with van der Waals surface area (Å²) in [6.45, 7) is 9.54. The van der Waals surface area contributed by atoms with Gasteiger partial charge in [-0.3, -0.25) is 9.97 Å². The Kier molecular flexibility index (Phi) is 10.0. The Balaban J connectivity index is 0.000000161. The van der Waals surface area contributed by atoms with Crippen LogP contribution in [0.4, 0.5) is 0 Å². The largest absolute Gasteiger partial charge is 0.372 e. The molecule has 0 aliphatic carbocycles. The molecule has 4 heterocycles. The highest BCUT2D eigenvalue weighted by molar-refractivity contribution is 5.70. The van der Waals surface area contributed by atoms with E-state index in [1.54, 1.807) is 0 Å². The smallest absolute Gasteiger partial charge is 0.0952 e. The summed E-state index contributed by atoms with van der Waals surface area (Å²) in [6, 6.07) is 21.3. The lowest BCUT2D eigenvalue weighted by molar-refractivity contribution is 0.0430. The predicted octanol–water partition coefficient (Wildman–Crippen LogP) is 5.94. The average Bonchev–Trinajstić information content (AvgIpc) is 3.03. The van der Waals surface area contributed by atoms with Crippen LogP contribution in [-0.4, -0.2) is 49.4 Å². The number of fused-ring (bicyclic) bond motifs is 2. The molecule has 0 spiro atoms. The summed E-state index contributed by atoms with van der Waals surface area (Å²) in [4.78, 5) is 8.21. The van der Waals surface area contributed by atoms with Crippen LogP contribution in [0.2, 0.25) is 0 Å². The maximum atomic E-state index is 5.92. The number of hydrogen-bond donors (Lipinski definition) is 2. The molecule has 2 aromatic carbocycles. The van der Waals surface area contributed by atoms with E-state index in [0.717, 1.165) is 52.2 Å². The van der Waals surface area contributed by atoms with Crippen LogP contribution in [0.5, 0.6) is 0 Å². The highest BCUT2D eigenvalue weighted by Crippen LogP contribution is 2.35. The number of rotatable bonds is 8. The van der Waals surface area contributed by atoms with E-state index in [0.29, 0.717) is 0 Å². The van der Waals surface area contributed by atoms with Crippen molar-refractivity contribution in [2.24, 2.45) is 0 Å². The van der Waals surface area contributed by atoms with Crippen molar-refractivity contribution in [1.82, 2.24) is 20.6 Å². The number of pyridine rings is 2. The summed E-state index contributed by atoms with van der Waals surface area (Å²) < 4.78 is 11.8. The molecule has 2 aliphatic heterocycles. The van der Waals surface area contributed by atoms with E-state index >= 15 is 0 Å². The Bertz CT molecular complexity index is 1240. The zero-order valence-corrected chi connectivity index (χ0v) is 23.6. The molecule has 6 nitrogen and oxygen atoms in total. The first-order chi connectivity index (χ1) is 19.8. The fourth-order valence-electron chi connectivity index (χ4n) is 5.65. The first-order valence-electron chi connectivity index (χ1n) is 14.5. The number of likely N-dealkylation sites (N-methyl/N-ethyl adjacent to an activating group) is 2. The van der Waals surface area contributed by atoms with Gasteiger partial charge in [-0.15, -0.1) is 0 Å². The molecule has 0 bridgehead atoms. The average molecular weight is 537 g/mol. The molecule has 40 heavy (non-hydrogen) atoms. The second kappa shape index (κ2) is 14.3. The fourth-order valence-corrected chi connectivity index (χ4v) is 5.65. The minimum Gasteiger partial charge on any atom is -0.372 e. The molecule has 0 amide bonds. The normalized spacial score (nSPS) is 17.8. The standard InChI is InChI=1S/2C17H20N2O/c2*1-2-18-12-17-16-5-3-4-14(15(16)8-11-20-17)13-6-9-19-10-7-13/h2*3-7,9-10,17-18H,2,8,11-12H2,1H3/t2*17-/m10/s1. The molecule has 208 valence electrons. The Morgan fingerprint density at radius 1 is 0.625 bits per heavy atom. The van der Waals surface area contributed by atoms with E-state index in [4.69, 9.17) is 9.47 Å². The molecule has 2 N–H and O–H groups in total. The van der Waals surface area contributed by atoms with Crippen molar-refractivity contribution in [3.05, 3.63) is 108 Å². The molecule has 2 atom stereocenters. The molecule has 2 aliphatic rings. The van der Waals surface area contributed by atoms with Gasteiger partial charge in [-0.25, -0.2) is 0 Å². The zero-order valence-electron chi connectivity index (χ0n) is 23.6. The topological polar surface area (TPSA) is 68.3 Å². The first kappa shape index (κ1) is 28.1. The lowest BCUT2D eigenvalue weighted by Crippen LogP contribution is -2.27. The van der Waals surface area contributed by atoms with Crippen LogP contribution >= 0.6 is 0 Å². The van der Waals surface area contributed by atoms with Crippen molar-refractivity contribution in [3.63, 3.8) is 0 Å². The highest BCUT2D eigenvalue weighted by Gasteiger charge is 2.24. The van der Waals surface area contributed by atoms with Crippen molar-refractivity contribution < 1.29 is 9.47 Å². The molecule has 0 radical (unpaired) electrons. The molecule has 2 aromatic heterocycles. The van der Waals surface area contributed by atoms with Crippen LogP contribution in [0.15, 0.2) is 85.5 Å². The van der Waals surface area contributed by atoms with Crippen LogP contribution in [0.1, 0.15) is 48.3 Å². The van der Waals surface area contributed by atoms with E-state index in [1.807, 2.05) is 24.8 Å². The van der Waals surface area contributed by atoms with Crippen molar-refractivity contribution in [2.75, 3.05) is 39.4 Å². The van der Waals surface area contributed by atoms with Gasteiger partial charge in [0.25, 0.3) is 0 Å². The van der Waals surface area contributed by atoms with Crippen LogP contribution in [-0.2, 0) is 22.3 Å². The number of ether oxygens (including phenoxy) is 2. The summed E-state index contributed by atoms with van der Waals surface area (Å²) in [5.41, 5.74) is 10.6. The third-order valence-corrected chi connectivity index (χ3v) is 7.60. The minimum atomic E-state index is 0.167. The second-order valence-electron chi connectivity index (χ2n) is 10.1. The number of benzene rings is 2. The minimum absolute atomic E-state index is 0.167. The van der Waals surface area contributed by atoms with Crippen LogP contribution < -0.4 is 10.6 Å². The van der Waals surface area contributed by atoms with Gasteiger partial charge in [0.2, 0.25) is 0 Å². The fraction of sp³-hybridized carbons (Fsp3) is 0.353. The molecule has 6 heteroatoms. The van der Waals surface area contributed by atoms with Gasteiger partial charge in [-0.1, -0.05) is 50.2 Å². The van der Waals surface area contributed by atoms with Crippen molar-refractivity contribution in [2.45, 2.75) is 38.9 Å². The Labute approximate surface area is 238 Å². The Morgan fingerprint density at radius 2 is 1.05 bits per heavy atom. The van der Waals surface area contributed by atoms with Crippen molar-refractivity contribution in [3.8, 4) is 22.3 Å². The Morgan fingerprint density at radius 3 is 1.45 bits per heavy atom. The lowest BCUT2D eigenvalue weighted by Gasteiger charge is -2.28. The van der Waals surface area contributed by atoms with Gasteiger partial charge < -0.3 is 20.1 Å². The Hall–Kier alpha value is -3.42. The summed E-state index contributed by atoms with van der Waals surface area (Å²) >= 11 is 0. The third-order valence-electron chi connectivity index (χ3n) is 7.60. The van der Waals surface area contributed by atoms with Gasteiger partial charge in [-0.2, -0.15) is 0 Å². The molecule has 0 fully saturated rings. The van der Waals surface area contributed by atoms with E-state index in [2.05, 4.69) is 95.1 Å². The van der Waals surface area contributed by atoms with Gasteiger partial charge in [-0.05, 0) is 94.7 Å². The molecule has 0 unspecified atom stereocenters. The van der Waals surface area contributed by atoms with E-state index < -0.39 is 0 Å².